The van der Waals surface area contributed by atoms with Crippen molar-refractivity contribution < 1.29 is 194 Å². The summed E-state index contributed by atoms with van der Waals surface area (Å²) in [5.74, 6) is -8.16. The number of carbonyl (C=O) groups is 10. The number of aliphatic hydroxyl groups excluding tert-OH is 2. The number of hydrogen-bond acceptors (Lipinski definition) is 23. The summed E-state index contributed by atoms with van der Waals surface area (Å²) in [7, 11) is 6.50. The third-order valence-corrected chi connectivity index (χ3v) is 14.2. The second kappa shape index (κ2) is 66.8. The third-order valence-electron chi connectivity index (χ3n) is 12.8. The van der Waals surface area contributed by atoms with E-state index in [4.69, 9.17) is 69.2 Å². The zero-order valence-electron chi connectivity index (χ0n) is 60.1. The number of ether oxygens (including phenoxy) is 1. The number of likely N-dealkylation sites (N-methyl/N-ethyl adjacent to an activating group) is 2. The van der Waals surface area contributed by atoms with Crippen LogP contribution >= 0.6 is 35.0 Å². The summed E-state index contributed by atoms with van der Waals surface area (Å²) >= 11 is 12.2. The summed E-state index contributed by atoms with van der Waals surface area (Å²) in [4.78, 5) is 116. The van der Waals surface area contributed by atoms with Crippen molar-refractivity contribution in [2.24, 2.45) is 0 Å². The van der Waals surface area contributed by atoms with Crippen molar-refractivity contribution in [1.82, 2.24) is 9.80 Å². The van der Waals surface area contributed by atoms with Gasteiger partial charge in [-0.2, -0.15) is 0 Å². The number of carboxylic acids is 9. The number of hydrogen-bond donors (Lipinski definition) is 9. The first-order valence-corrected chi connectivity index (χ1v) is 33.5. The molecule has 0 aliphatic heterocycles. The molecular formula is C71H92Cl2FKN7NaO22S. The second-order valence-corrected chi connectivity index (χ2v) is 22.9. The number of aliphatic carboxylic acids is 9. The quantitative estimate of drug-likeness (QED) is 0.00953. The van der Waals surface area contributed by atoms with Crippen LogP contribution in [0.2, 0.25) is 0 Å². The van der Waals surface area contributed by atoms with Crippen molar-refractivity contribution in [3.63, 3.8) is 0 Å². The van der Waals surface area contributed by atoms with Crippen molar-refractivity contribution >= 4 is 123 Å². The summed E-state index contributed by atoms with van der Waals surface area (Å²) in [6, 6.07) is 52.2. The summed E-state index contributed by atoms with van der Waals surface area (Å²) < 4.78 is 17.0. The molecule has 29 nitrogen and oxygen atoms in total. The van der Waals surface area contributed by atoms with Crippen LogP contribution in [0.25, 0.3) is 0 Å². The molecule has 0 fully saturated rings. The number of carboxylic acid groups (broad SMARTS) is 9. The van der Waals surface area contributed by atoms with E-state index in [0.717, 1.165) is 22.0 Å². The number of rotatable bonds is 37. The average molecular weight is 1580 g/mol. The Morgan fingerprint density at radius 2 is 0.726 bits per heavy atom. The summed E-state index contributed by atoms with van der Waals surface area (Å²) in [5.41, 5.74) is 4.08. The largest absolute Gasteiger partial charge is 1.00 e. The first-order chi connectivity index (χ1) is 49.4. The molecule has 0 aliphatic rings. The molecule has 9 N–H and O–H groups in total. The predicted octanol–water partition coefficient (Wildman–Crippen LogP) is -1.25. The molecule has 0 saturated heterocycles. The monoisotopic (exact) mass is 1580 g/mol. The molecule has 0 radical (unpaired) electrons. The van der Waals surface area contributed by atoms with Crippen LogP contribution in [0.5, 0.6) is 0 Å². The number of nitrogens with zero attached hydrogens (tertiary/aromatic N) is 7. The molecular weight excluding hydrogens is 1490 g/mol. The van der Waals surface area contributed by atoms with Gasteiger partial charge in [0, 0.05) is 112 Å². The van der Waals surface area contributed by atoms with E-state index in [-0.39, 0.29) is 177 Å². The van der Waals surface area contributed by atoms with Crippen LogP contribution in [0.15, 0.2) is 181 Å². The molecule has 572 valence electrons. The van der Waals surface area contributed by atoms with Gasteiger partial charge in [-0.05, 0) is 84.9 Å². The van der Waals surface area contributed by atoms with E-state index in [1.807, 2.05) is 133 Å². The number of benzene rings is 6. The number of para-hydroxylation sites is 4. The fraction of sp³-hybridized carbons (Fsp3) is 0.352. The van der Waals surface area contributed by atoms with Crippen LogP contribution in [0.1, 0.15) is 19.3 Å². The number of alkyl halides is 2. The van der Waals surface area contributed by atoms with Crippen molar-refractivity contribution in [1.29, 1.82) is 0 Å². The van der Waals surface area contributed by atoms with Crippen LogP contribution in [-0.4, -0.2) is 260 Å². The predicted molar refractivity (Wildman–Crippen MR) is 391 cm³/mol. The van der Waals surface area contributed by atoms with Gasteiger partial charge in [-0.15, -0.1) is 35.0 Å². The second-order valence-electron chi connectivity index (χ2n) is 21.1. The van der Waals surface area contributed by atoms with E-state index >= 15 is 0 Å². The van der Waals surface area contributed by atoms with Crippen molar-refractivity contribution in [3.8, 4) is 0 Å². The maximum Gasteiger partial charge on any atom is 1.00 e. The van der Waals surface area contributed by atoms with E-state index in [0.29, 0.717) is 55.9 Å². The topological polar surface area (TPSA) is 431 Å². The van der Waals surface area contributed by atoms with Crippen LogP contribution in [0.4, 0.5) is 32.8 Å². The van der Waals surface area contributed by atoms with Crippen LogP contribution in [0, 0.1) is 5.82 Å². The molecule has 0 aromatic heterocycles. The van der Waals surface area contributed by atoms with Crippen LogP contribution in [-0.2, 0) is 52.7 Å². The minimum atomic E-state index is -1.24. The smallest absolute Gasteiger partial charge is 0.548 e. The van der Waals surface area contributed by atoms with Gasteiger partial charge in [0.05, 0.1) is 83.5 Å². The Labute approximate surface area is 695 Å². The number of esters is 1. The zero-order valence-corrected chi connectivity index (χ0v) is 67.5. The SMILES string of the molecule is CN(CC(=O)O)c1ccc(F)cc1.CN(CC(=O)[O-])c1ccccc1.CN(CCC(=O)O)c1ccccc1.COC(=O)CN(CC(=O)[O-])c1ccccc1.O=C(O)CCN(CCC(=O)O)c1ccccc1.O=C(O)CN(CCCl)CCCl.O=C(O)CN(CCO)CCO.O=C(O)CSc1ccccc1.[K+].[Na+]. The number of thioether (sulfide) groups is 1. The van der Waals surface area contributed by atoms with Gasteiger partial charge >= 0.3 is 129 Å². The van der Waals surface area contributed by atoms with Gasteiger partial charge in [-0.3, -0.25) is 48.2 Å². The molecule has 0 amide bonds. The molecule has 0 heterocycles. The maximum absolute atomic E-state index is 12.5. The molecule has 0 saturated carbocycles. The number of aliphatic hydroxyl groups is 2. The fourth-order valence-corrected chi connectivity index (χ4v) is 8.98. The Morgan fingerprint density at radius 1 is 0.396 bits per heavy atom. The molecule has 6 aromatic rings. The maximum atomic E-state index is 12.5. The minimum absolute atomic E-state index is 0. The first-order valence-electron chi connectivity index (χ1n) is 31.5. The molecule has 0 aliphatic carbocycles. The Bertz CT molecular complexity index is 3300. The number of anilines is 5. The van der Waals surface area contributed by atoms with E-state index in [1.165, 1.54) is 57.8 Å². The summed E-state index contributed by atoms with van der Waals surface area (Å²) in [6.07, 6.45) is 0.161. The van der Waals surface area contributed by atoms with Crippen molar-refractivity contribution in [2.45, 2.75) is 24.2 Å². The van der Waals surface area contributed by atoms with Crippen LogP contribution in [0.3, 0.4) is 0 Å². The number of halogens is 3. The van der Waals surface area contributed by atoms with Gasteiger partial charge in [0.2, 0.25) is 0 Å². The number of methoxy groups -OCH3 is 1. The molecule has 6 aromatic carbocycles. The molecule has 0 spiro atoms. The molecule has 6 rings (SSSR count). The summed E-state index contributed by atoms with van der Waals surface area (Å²) in [5, 5.41) is 97.0. The van der Waals surface area contributed by atoms with Gasteiger partial charge in [0.1, 0.15) is 18.9 Å². The Balaban J connectivity index is -0.000000562. The first kappa shape index (κ1) is 105. The van der Waals surface area contributed by atoms with Crippen molar-refractivity contribution in [3.05, 3.63) is 182 Å². The van der Waals surface area contributed by atoms with Crippen molar-refractivity contribution in [2.75, 3.05) is 169 Å². The normalized spacial score (nSPS) is 9.61. The van der Waals surface area contributed by atoms with E-state index in [1.54, 1.807) is 59.1 Å². The average Bonchev–Trinajstić information content (AvgIpc) is 0.779. The summed E-state index contributed by atoms with van der Waals surface area (Å²) in [6.45, 7) is 1.93. The number of carbonyl (C=O) groups excluding carboxylic acids is 3. The van der Waals surface area contributed by atoms with Gasteiger partial charge in [0.15, 0.2) is 0 Å². The fourth-order valence-electron chi connectivity index (χ4n) is 7.86. The van der Waals surface area contributed by atoms with E-state index < -0.39 is 59.7 Å². The molecule has 106 heavy (non-hydrogen) atoms. The van der Waals surface area contributed by atoms with Crippen LogP contribution < -0.4 is 116 Å². The molecule has 0 atom stereocenters. The molecule has 0 unspecified atom stereocenters. The van der Waals surface area contributed by atoms with E-state index in [2.05, 4.69) is 4.74 Å². The molecule has 35 heteroatoms. The van der Waals surface area contributed by atoms with Gasteiger partial charge in [-0.25, -0.2) is 4.39 Å². The Morgan fingerprint density at radius 3 is 1.07 bits per heavy atom. The molecule has 0 bridgehead atoms. The Hall–Kier alpha value is -7.64. The zero-order chi connectivity index (χ0) is 78.6. The van der Waals surface area contributed by atoms with Gasteiger partial charge < -0.3 is 95.0 Å². The third kappa shape index (κ3) is 60.5. The van der Waals surface area contributed by atoms with Gasteiger partial charge in [-0.1, -0.05) is 91.0 Å². The minimum Gasteiger partial charge on any atom is -0.548 e. The van der Waals surface area contributed by atoms with E-state index in [9.17, 15) is 62.5 Å². The van der Waals surface area contributed by atoms with Gasteiger partial charge in [0.25, 0.3) is 0 Å². The standard InChI is InChI=1S/C12H15NO4.C11H13NO4.C10H13NO2.C9H10FNO2.C9H11NO2.C8H8O2S.C6H11Cl2NO2.C6H13NO4.K.Na/c14-11(15)6-8-13(9-7-12(16)17)10-4-2-1-3-5-10;1-16-11(15)8-12(7-10(13)14)9-5-3-2-4-6-9;1-11(8-7-10(12)13)9-5-3-2-4-6-9;1-11(6-9(12)13)8-4-2-7(10)3-5-8;1-10(7-9(11)12)8-5-3-2-4-6-8;9-8(10)6-11-7-4-2-1-3-5-7;7-1-3-9(4-2-8)5-6(10)11;8-3-1-7(2-4-9)5-6(10)11;;/h1-5H,6-9H2,(H,14,15)(H,16,17);2-6H,7-8H2,1H3,(H,13,14);2-6H,7-8H2,1H3,(H,12,13);2-5H,6H2,1H3,(H,12,13);2-6H,7H2,1H3,(H,11,12);1-5H,6H2,(H,9,10);1-5H2,(H,10,11);8-9H,1-5H2,(H,10,11);;/q;;;;;;;;2*+1/p-2. The Kier molecular flexibility index (Phi) is 66.0.